The molecule has 1 aromatic heterocycles. The first-order valence-electron chi connectivity index (χ1n) is 34.1. The van der Waals surface area contributed by atoms with E-state index in [1.165, 1.54) is 30.4 Å². The number of methoxy groups -OCH3 is 2. The highest BCUT2D eigenvalue weighted by Gasteiger charge is 2.44. The number of nitrogens with zero attached hydrogens (tertiary/aromatic N) is 6. The van der Waals surface area contributed by atoms with E-state index in [-0.39, 0.29) is 80.9 Å². The van der Waals surface area contributed by atoms with Gasteiger partial charge in [-0.2, -0.15) is 0 Å². The normalized spacial score (nSPS) is 16.2. The van der Waals surface area contributed by atoms with Crippen LogP contribution < -0.4 is 37.6 Å². The summed E-state index contributed by atoms with van der Waals surface area (Å²) in [4.78, 5) is 148. The van der Waals surface area contributed by atoms with Gasteiger partial charge in [-0.15, -0.1) is 11.3 Å². The fourth-order valence-electron chi connectivity index (χ4n) is 12.2. The summed E-state index contributed by atoms with van der Waals surface area (Å²) in [5.41, 5.74) is 7.19. The largest absolute Gasteiger partial charge is 0.481 e. The van der Waals surface area contributed by atoms with Crippen LogP contribution in [0.2, 0.25) is 0 Å². The van der Waals surface area contributed by atoms with Gasteiger partial charge in [-0.1, -0.05) is 111 Å². The summed E-state index contributed by atoms with van der Waals surface area (Å²) in [6, 6.07) is 9.93. The Kier molecular flexibility index (Phi) is 35.1. The number of likely N-dealkylation sites (N-methyl/N-ethyl adjacent to an activating group) is 4. The molecule has 11 atom stereocenters. The Labute approximate surface area is 583 Å². The smallest absolute Gasteiger partial charge is 0.410 e. The van der Waals surface area contributed by atoms with E-state index >= 15 is 0 Å². The summed E-state index contributed by atoms with van der Waals surface area (Å²) in [5, 5.41) is 28.7. The van der Waals surface area contributed by atoms with Crippen molar-refractivity contribution in [2.24, 2.45) is 35.3 Å². The van der Waals surface area contributed by atoms with Crippen LogP contribution in [0.3, 0.4) is 0 Å². The number of nitrogens with one attached hydrogen (secondary N) is 6. The van der Waals surface area contributed by atoms with E-state index in [4.69, 9.17) is 25.1 Å². The van der Waals surface area contributed by atoms with Crippen molar-refractivity contribution < 1.29 is 67.3 Å². The Morgan fingerprint density at radius 1 is 0.724 bits per heavy atom. The zero-order valence-corrected chi connectivity index (χ0v) is 61.0. The van der Waals surface area contributed by atoms with Gasteiger partial charge in [0.2, 0.25) is 41.4 Å². The third-order valence-electron chi connectivity index (χ3n) is 18.2. The number of benzene rings is 2. The standard InChI is InChI=1S/C70H111N13O14S/c1-16-46(8)61(54(95-14)41-56(85)83-34-21-25-53(83)62(96-15)47(9)63(88)76-52(67-72-33-39-98-67)40-48-22-18-17-19-23-48)81(12)68(92)59(44(4)5)78-66(91)60(45(6)7)82(13)70(94)97-42-49-26-28-50(29-27-49)74-64(89)51(24-20-32-73-69(71)93)75-65(90)58(43(2)3)77-55(84)30-35-79(10)37-38-80(11)36-31-57(86)87/h17-19,22-23,26-29,33,39,43-47,51-54,58-62H,16,20-21,24-25,30-32,34-38,40-42H2,1-15H3,(H,74,89)(H,75,90)(H,76,88)(H,77,84)(H,78,91)(H,86,87)(H3,71,73,93)/t46-,47+,51-,52-,53-,54+,58-,59-,60-,61?,62+/m0/s1. The minimum atomic E-state index is -1.10. The number of urea groups is 1. The van der Waals surface area contributed by atoms with Crippen LogP contribution in [0.1, 0.15) is 136 Å². The summed E-state index contributed by atoms with van der Waals surface area (Å²) < 4.78 is 17.9. The summed E-state index contributed by atoms with van der Waals surface area (Å²) in [6.07, 6.45) is 2.38. The summed E-state index contributed by atoms with van der Waals surface area (Å²) in [7, 11) is 9.83. The first kappa shape index (κ1) is 82.6. The molecule has 3 aromatic rings. The van der Waals surface area contributed by atoms with Crippen LogP contribution in [0.15, 0.2) is 66.2 Å². The molecule has 0 bridgehead atoms. The van der Waals surface area contributed by atoms with Crippen LogP contribution in [0, 0.1) is 29.6 Å². The molecule has 1 saturated heterocycles. The Morgan fingerprint density at radius 2 is 1.37 bits per heavy atom. The monoisotopic (exact) mass is 1390 g/mol. The van der Waals surface area contributed by atoms with Gasteiger partial charge < -0.3 is 76.6 Å². The molecule has 98 heavy (non-hydrogen) atoms. The number of hydrogen-bond acceptors (Lipinski definition) is 17. The van der Waals surface area contributed by atoms with Gasteiger partial charge in [0, 0.05) is 91.3 Å². The van der Waals surface area contributed by atoms with Crippen LogP contribution in [0.5, 0.6) is 0 Å². The molecule has 546 valence electrons. The molecule has 1 aliphatic rings. The Bertz CT molecular complexity index is 3020. The van der Waals surface area contributed by atoms with Crippen molar-refractivity contribution in [3.05, 3.63) is 82.3 Å². The molecule has 9 N–H and O–H groups in total. The highest BCUT2D eigenvalue weighted by molar-refractivity contribution is 7.09. The molecule has 0 spiro atoms. The van der Waals surface area contributed by atoms with E-state index in [0.717, 1.165) is 10.6 Å². The van der Waals surface area contributed by atoms with Crippen molar-refractivity contribution in [2.75, 3.05) is 87.0 Å². The zero-order chi connectivity index (χ0) is 72.9. The minimum Gasteiger partial charge on any atom is -0.481 e. The first-order valence-corrected chi connectivity index (χ1v) is 35.0. The van der Waals surface area contributed by atoms with Crippen LogP contribution in [-0.4, -0.2) is 224 Å². The van der Waals surface area contributed by atoms with E-state index in [9.17, 15) is 47.9 Å². The SMILES string of the molecule is CC[C@H](C)C([C@@H](CC(=O)N1CCC[C@H]1[C@H](OC)[C@@H](C)C(=O)N[C@@H](Cc1ccccc1)c1nccs1)OC)N(C)C(=O)[C@@H](NC(=O)[C@H](C(C)C)N(C)C(=O)OCc1ccc(NC(=O)[C@H](CCCNC(N)=O)NC(=O)[C@@H](NC(=O)CCN(C)CCN(C)CCC(=O)O)C(C)C)cc1)C(C)C. The van der Waals surface area contributed by atoms with Crippen LogP contribution in [-0.2, 0) is 65.6 Å². The number of nitrogens with two attached hydrogens (primary N) is 1. The molecule has 1 fully saturated rings. The average molecular weight is 1390 g/mol. The van der Waals surface area contributed by atoms with Crippen LogP contribution >= 0.6 is 11.3 Å². The number of carboxylic acid groups (broad SMARTS) is 1. The molecular weight excluding hydrogens is 1280 g/mol. The Balaban J connectivity index is 1.39. The van der Waals surface area contributed by atoms with Crippen molar-refractivity contribution in [1.82, 2.24) is 56.1 Å². The third-order valence-corrected chi connectivity index (χ3v) is 19.1. The van der Waals surface area contributed by atoms with Gasteiger partial charge in [0.25, 0.3) is 0 Å². The molecule has 2 heterocycles. The number of carbonyl (C=O) groups excluding carboxylic acids is 9. The lowest BCUT2D eigenvalue weighted by atomic mass is 9.89. The van der Waals surface area contributed by atoms with Crippen molar-refractivity contribution in [2.45, 2.75) is 181 Å². The van der Waals surface area contributed by atoms with Crippen molar-refractivity contribution >= 4 is 76.5 Å². The highest BCUT2D eigenvalue weighted by atomic mass is 32.1. The average Bonchev–Trinajstić information content (AvgIpc) is 1.31. The van der Waals surface area contributed by atoms with E-state index in [0.29, 0.717) is 69.7 Å². The third kappa shape index (κ3) is 26.1. The molecule has 1 aliphatic heterocycles. The number of aliphatic carboxylic acids is 1. The van der Waals surface area contributed by atoms with Crippen molar-refractivity contribution in [3.63, 3.8) is 0 Å². The number of ether oxygens (including phenoxy) is 3. The predicted molar refractivity (Wildman–Crippen MR) is 375 cm³/mol. The first-order chi connectivity index (χ1) is 46.4. The number of carbonyl (C=O) groups is 10. The van der Waals surface area contributed by atoms with Gasteiger partial charge in [0.15, 0.2) is 0 Å². The molecule has 1 unspecified atom stereocenters. The number of hydrogen-bond donors (Lipinski definition) is 8. The minimum absolute atomic E-state index is 0.0204. The lowest BCUT2D eigenvalue weighted by molar-refractivity contribution is -0.148. The van der Waals surface area contributed by atoms with Gasteiger partial charge in [-0.3, -0.25) is 43.3 Å². The number of likely N-dealkylation sites (tertiary alicyclic amines) is 1. The van der Waals surface area contributed by atoms with E-state index < -0.39 is 108 Å². The Hall–Kier alpha value is -7.79. The fourth-order valence-corrected chi connectivity index (χ4v) is 12.9. The van der Waals surface area contributed by atoms with E-state index in [1.807, 2.05) is 94.2 Å². The number of anilines is 1. The molecule has 0 aliphatic carbocycles. The number of aromatic nitrogens is 1. The van der Waals surface area contributed by atoms with Gasteiger partial charge >= 0.3 is 18.1 Å². The molecule has 27 nitrogen and oxygen atoms in total. The molecule has 28 heteroatoms. The van der Waals surface area contributed by atoms with Crippen LogP contribution in [0.25, 0.3) is 0 Å². The second-order valence-corrected chi connectivity index (χ2v) is 27.7. The van der Waals surface area contributed by atoms with Gasteiger partial charge in [0.1, 0.15) is 35.8 Å². The van der Waals surface area contributed by atoms with Gasteiger partial charge in [-0.05, 0) is 93.1 Å². The molecule has 4 rings (SSSR count). The maximum absolute atomic E-state index is 14.9. The van der Waals surface area contributed by atoms with Gasteiger partial charge in [-0.25, -0.2) is 14.6 Å². The number of primary amides is 1. The quantitative estimate of drug-likeness (QED) is 0.0318. The molecule has 2 aromatic carbocycles. The maximum atomic E-state index is 14.9. The van der Waals surface area contributed by atoms with E-state index in [1.54, 1.807) is 82.1 Å². The van der Waals surface area contributed by atoms with Crippen molar-refractivity contribution in [1.29, 1.82) is 0 Å². The summed E-state index contributed by atoms with van der Waals surface area (Å²) in [6.45, 7) is 18.8. The molecular formula is C70H111N13O14S. The number of thiazole rings is 1. The summed E-state index contributed by atoms with van der Waals surface area (Å²) >= 11 is 1.47. The molecule has 10 amide bonds. The van der Waals surface area contributed by atoms with Gasteiger partial charge in [0.05, 0.1) is 49.1 Å². The zero-order valence-electron chi connectivity index (χ0n) is 60.2. The lowest BCUT2D eigenvalue weighted by Crippen LogP contribution is -2.60. The van der Waals surface area contributed by atoms with Crippen LogP contribution in [0.4, 0.5) is 15.3 Å². The highest BCUT2D eigenvalue weighted by Crippen LogP contribution is 2.31. The maximum Gasteiger partial charge on any atom is 0.410 e. The fraction of sp³-hybridized carbons (Fsp3) is 0.643. The molecule has 0 saturated carbocycles. The summed E-state index contributed by atoms with van der Waals surface area (Å²) in [5.74, 6) is -5.87. The Morgan fingerprint density at radius 3 is 1.93 bits per heavy atom. The van der Waals surface area contributed by atoms with Crippen molar-refractivity contribution in [3.8, 4) is 0 Å². The van der Waals surface area contributed by atoms with E-state index in [2.05, 4.69) is 36.9 Å². The second-order valence-electron chi connectivity index (χ2n) is 26.8. The number of amides is 10. The molecule has 0 radical (unpaired) electrons. The second kappa shape index (κ2) is 41.6. The number of carboxylic acids is 1. The predicted octanol–water partition coefficient (Wildman–Crippen LogP) is 5.64. The topological polar surface area (TPSA) is 346 Å². The number of rotatable bonds is 42. The lowest BCUT2D eigenvalue weighted by Gasteiger charge is -2.41.